The molecule has 1 rings (SSSR count). The highest BCUT2D eigenvalue weighted by molar-refractivity contribution is 6.55. The van der Waals surface area contributed by atoms with Crippen LogP contribution >= 0.6 is 0 Å². The monoisotopic (exact) mass is 291 g/mol. The Morgan fingerprint density at radius 3 is 1.90 bits per heavy atom. The molecule has 3 nitrogen and oxygen atoms in total. The van der Waals surface area contributed by atoms with Crippen LogP contribution in [0.3, 0.4) is 0 Å². The van der Waals surface area contributed by atoms with Crippen molar-refractivity contribution in [2.24, 2.45) is 0 Å². The molecule has 0 saturated carbocycles. The van der Waals surface area contributed by atoms with E-state index in [1.54, 1.807) is 0 Å². The Morgan fingerprint density at radius 2 is 1.52 bits per heavy atom. The van der Waals surface area contributed by atoms with Crippen molar-refractivity contribution in [1.82, 2.24) is 4.90 Å². The van der Waals surface area contributed by atoms with Gasteiger partial charge in [0, 0.05) is 18.8 Å². The molecule has 0 unspecified atom stereocenters. The molecule has 0 amide bonds. The van der Waals surface area contributed by atoms with Crippen LogP contribution in [0.4, 0.5) is 0 Å². The fraction of sp³-hybridized carbons (Fsp3) is 0.647. The first kappa shape index (κ1) is 18.1. The second-order valence-corrected chi connectivity index (χ2v) is 6.38. The third-order valence-electron chi connectivity index (χ3n) is 4.45. The van der Waals surface area contributed by atoms with Crippen LogP contribution in [0.25, 0.3) is 0 Å². The van der Waals surface area contributed by atoms with Gasteiger partial charge in [0.25, 0.3) is 0 Å². The van der Waals surface area contributed by atoms with Crippen LogP contribution < -0.4 is 0 Å². The zero-order chi connectivity index (χ0) is 16.3. The van der Waals surface area contributed by atoms with Crippen LogP contribution in [-0.2, 0) is 9.31 Å². The van der Waals surface area contributed by atoms with Gasteiger partial charge in [0.2, 0.25) is 0 Å². The van der Waals surface area contributed by atoms with Crippen LogP contribution in [0.1, 0.15) is 48.5 Å². The average molecular weight is 291 g/mol. The van der Waals surface area contributed by atoms with Crippen LogP contribution in [-0.4, -0.2) is 36.3 Å². The number of hydrogen-bond acceptors (Lipinski definition) is 3. The average Bonchev–Trinajstić information content (AvgIpc) is 2.63. The Hall–Kier alpha value is -0.995. The van der Waals surface area contributed by atoms with Crippen LogP contribution in [0, 0.1) is 0 Å². The van der Waals surface area contributed by atoms with Gasteiger partial charge in [-0.25, -0.2) is 0 Å². The molecule has 1 aliphatic rings. The summed E-state index contributed by atoms with van der Waals surface area (Å²) in [6.45, 7) is 20.7. The molecule has 0 aromatic rings. The number of rotatable bonds is 6. The third-order valence-corrected chi connectivity index (χ3v) is 4.45. The summed E-state index contributed by atoms with van der Waals surface area (Å²) in [4.78, 5) is 2.30. The van der Waals surface area contributed by atoms with E-state index in [9.17, 15) is 0 Å². The highest BCUT2D eigenvalue weighted by Crippen LogP contribution is 2.38. The summed E-state index contributed by atoms with van der Waals surface area (Å²) < 4.78 is 12.0. The second kappa shape index (κ2) is 6.84. The number of nitrogens with zero attached hydrogens (tertiary/aromatic N) is 1. The molecule has 0 atom stereocenters. The van der Waals surface area contributed by atoms with Crippen LogP contribution in [0.15, 0.2) is 36.0 Å². The second-order valence-electron chi connectivity index (χ2n) is 6.38. The van der Waals surface area contributed by atoms with Crippen molar-refractivity contribution in [3.8, 4) is 0 Å². The first-order valence-electron chi connectivity index (χ1n) is 7.82. The topological polar surface area (TPSA) is 21.7 Å². The van der Waals surface area contributed by atoms with Gasteiger partial charge in [-0.15, -0.1) is 0 Å². The standard InChI is InChI=1S/C17H30BNO2/c1-9-15(19(10-2)11-3)13-12-14(4)18-20-16(5,6)17(7,8)21-18/h9,12-13H,4,10-11H2,1-3,5-8H3/b13-12-,15-9+. The van der Waals surface area contributed by atoms with E-state index >= 15 is 0 Å². The number of hydrogen-bond donors (Lipinski definition) is 0. The highest BCUT2D eigenvalue weighted by atomic mass is 16.7. The van der Waals surface area contributed by atoms with E-state index < -0.39 is 0 Å². The Bertz CT molecular complexity index is 418. The van der Waals surface area contributed by atoms with E-state index in [0.717, 1.165) is 18.6 Å². The van der Waals surface area contributed by atoms with Crippen molar-refractivity contribution in [2.75, 3.05) is 13.1 Å². The zero-order valence-electron chi connectivity index (χ0n) is 14.7. The van der Waals surface area contributed by atoms with Crippen molar-refractivity contribution in [3.63, 3.8) is 0 Å². The predicted octanol–water partition coefficient (Wildman–Crippen LogP) is 3.98. The fourth-order valence-corrected chi connectivity index (χ4v) is 2.24. The maximum absolute atomic E-state index is 6.00. The lowest BCUT2D eigenvalue weighted by atomic mass is 9.79. The molecule has 0 spiro atoms. The van der Waals surface area contributed by atoms with Crippen molar-refractivity contribution < 1.29 is 9.31 Å². The van der Waals surface area contributed by atoms with E-state index in [1.807, 2.05) is 6.08 Å². The van der Waals surface area contributed by atoms with E-state index in [0.29, 0.717) is 0 Å². The molecule has 4 heteroatoms. The van der Waals surface area contributed by atoms with Crippen molar-refractivity contribution in [2.45, 2.75) is 59.7 Å². The Morgan fingerprint density at radius 1 is 1.05 bits per heavy atom. The van der Waals surface area contributed by atoms with Crippen molar-refractivity contribution in [1.29, 1.82) is 0 Å². The normalized spacial score (nSPS) is 21.1. The predicted molar refractivity (Wildman–Crippen MR) is 91.0 cm³/mol. The van der Waals surface area contributed by atoms with Crippen molar-refractivity contribution in [3.05, 3.63) is 36.0 Å². The largest absolute Gasteiger partial charge is 0.494 e. The summed E-state index contributed by atoms with van der Waals surface area (Å²) in [6.07, 6.45) is 6.19. The van der Waals surface area contributed by atoms with Gasteiger partial charge in [0.15, 0.2) is 0 Å². The molecule has 0 bridgehead atoms. The summed E-state index contributed by atoms with van der Waals surface area (Å²) in [5.74, 6) is 0. The van der Waals surface area contributed by atoms with Gasteiger partial charge in [-0.3, -0.25) is 0 Å². The van der Waals surface area contributed by atoms with Gasteiger partial charge < -0.3 is 14.2 Å². The lowest BCUT2D eigenvalue weighted by molar-refractivity contribution is 0.00578. The quantitative estimate of drug-likeness (QED) is 0.546. The number of likely N-dealkylation sites (N-methyl/N-ethyl adjacent to an activating group) is 1. The van der Waals surface area contributed by atoms with Crippen molar-refractivity contribution >= 4 is 7.12 Å². The Labute approximate surface area is 130 Å². The molecule has 0 aromatic carbocycles. The molecule has 0 radical (unpaired) electrons. The molecular formula is C17H30BNO2. The van der Waals surface area contributed by atoms with Crippen LogP contribution in [0.5, 0.6) is 0 Å². The molecule has 0 aromatic heterocycles. The van der Waals surface area contributed by atoms with E-state index in [1.165, 1.54) is 5.70 Å². The van der Waals surface area contributed by atoms with E-state index in [2.05, 4.69) is 72.1 Å². The number of allylic oxidation sites excluding steroid dienone is 4. The first-order chi connectivity index (χ1) is 9.68. The first-order valence-corrected chi connectivity index (χ1v) is 7.82. The third kappa shape index (κ3) is 4.01. The van der Waals surface area contributed by atoms with Gasteiger partial charge in [-0.1, -0.05) is 18.7 Å². The van der Waals surface area contributed by atoms with Gasteiger partial charge in [0.05, 0.1) is 11.2 Å². The summed E-state index contributed by atoms with van der Waals surface area (Å²) in [7, 11) is -0.374. The lowest BCUT2D eigenvalue weighted by Gasteiger charge is -2.32. The zero-order valence-corrected chi connectivity index (χ0v) is 14.7. The van der Waals surface area contributed by atoms with Gasteiger partial charge in [-0.05, 0) is 60.0 Å². The molecule has 21 heavy (non-hydrogen) atoms. The summed E-state index contributed by atoms with van der Waals surface area (Å²) >= 11 is 0. The van der Waals surface area contributed by atoms with Gasteiger partial charge in [0.1, 0.15) is 0 Å². The molecule has 1 aliphatic heterocycles. The van der Waals surface area contributed by atoms with Crippen LogP contribution in [0.2, 0.25) is 0 Å². The smallest absolute Gasteiger partial charge is 0.399 e. The SMILES string of the molecule is C=C(/C=C\C(=C/C)N(CC)CC)B1OC(C)(C)C(C)(C)O1. The lowest BCUT2D eigenvalue weighted by Crippen LogP contribution is -2.41. The fourth-order valence-electron chi connectivity index (χ4n) is 2.24. The molecule has 0 aliphatic carbocycles. The molecule has 1 heterocycles. The minimum atomic E-state index is -0.374. The van der Waals surface area contributed by atoms with Gasteiger partial charge in [-0.2, -0.15) is 0 Å². The summed E-state index contributed by atoms with van der Waals surface area (Å²) in [6, 6.07) is 0. The minimum Gasteiger partial charge on any atom is -0.399 e. The van der Waals surface area contributed by atoms with Gasteiger partial charge >= 0.3 is 7.12 Å². The molecule has 0 N–H and O–H groups in total. The molecule has 1 fully saturated rings. The highest BCUT2D eigenvalue weighted by Gasteiger charge is 2.51. The Balaban J connectivity index is 2.76. The summed E-state index contributed by atoms with van der Waals surface area (Å²) in [5, 5.41) is 0. The summed E-state index contributed by atoms with van der Waals surface area (Å²) in [5.41, 5.74) is 1.39. The maximum atomic E-state index is 6.00. The maximum Gasteiger partial charge on any atom is 0.494 e. The minimum absolute atomic E-state index is 0.323. The van der Waals surface area contributed by atoms with E-state index in [-0.39, 0.29) is 18.3 Å². The molecular weight excluding hydrogens is 261 g/mol. The molecule has 118 valence electrons. The molecule has 1 saturated heterocycles. The van der Waals surface area contributed by atoms with E-state index in [4.69, 9.17) is 9.31 Å². The Kier molecular flexibility index (Phi) is 5.88.